The van der Waals surface area contributed by atoms with E-state index in [4.69, 9.17) is 5.73 Å². The van der Waals surface area contributed by atoms with E-state index in [1.807, 2.05) is 0 Å². The monoisotopic (exact) mass is 301 g/mol. The second-order valence-electron chi connectivity index (χ2n) is 6.06. The number of pyridine rings is 1. The molecule has 1 aliphatic heterocycles. The first kappa shape index (κ1) is 14.9. The highest BCUT2D eigenvalue weighted by Crippen LogP contribution is 2.26. The van der Waals surface area contributed by atoms with Crippen LogP contribution in [0.2, 0.25) is 0 Å². The lowest BCUT2D eigenvalue weighted by Crippen LogP contribution is -2.45. The van der Waals surface area contributed by atoms with Gasteiger partial charge in [-0.05, 0) is 43.5 Å². The van der Waals surface area contributed by atoms with E-state index >= 15 is 0 Å². The number of nitrogens with two attached hydrogens (primary N) is 1. The van der Waals surface area contributed by atoms with Gasteiger partial charge in [-0.15, -0.1) is 0 Å². The van der Waals surface area contributed by atoms with Gasteiger partial charge in [-0.1, -0.05) is 6.07 Å². The summed E-state index contributed by atoms with van der Waals surface area (Å²) in [6.07, 6.45) is 3.46. The molecule has 0 aliphatic carbocycles. The summed E-state index contributed by atoms with van der Waals surface area (Å²) in [6, 6.07) is 7.12. The van der Waals surface area contributed by atoms with Crippen molar-refractivity contribution >= 4 is 16.8 Å². The lowest BCUT2D eigenvalue weighted by Gasteiger charge is -2.37. The van der Waals surface area contributed by atoms with Crippen LogP contribution in [-0.2, 0) is 11.3 Å². The maximum Gasteiger partial charge on any atom is 0.221 e. The van der Waals surface area contributed by atoms with E-state index in [2.05, 4.69) is 16.8 Å². The maximum atomic E-state index is 13.9. The molecule has 2 N–H and O–H groups in total. The first-order valence-corrected chi connectivity index (χ1v) is 7.61. The summed E-state index contributed by atoms with van der Waals surface area (Å²) in [7, 11) is 0. The lowest BCUT2D eigenvalue weighted by atomic mass is 9.92. The van der Waals surface area contributed by atoms with Gasteiger partial charge in [0.05, 0.1) is 11.4 Å². The van der Waals surface area contributed by atoms with Crippen molar-refractivity contribution in [2.45, 2.75) is 32.4 Å². The number of aromatic nitrogens is 1. The predicted octanol–water partition coefficient (Wildman–Crippen LogP) is 2.46. The van der Waals surface area contributed by atoms with E-state index in [0.717, 1.165) is 18.4 Å². The fourth-order valence-electron chi connectivity index (χ4n) is 3.17. The van der Waals surface area contributed by atoms with Crippen LogP contribution in [0.1, 0.15) is 25.3 Å². The molecule has 0 unspecified atom stereocenters. The molecular weight excluding hydrogens is 281 g/mol. The Hall–Kier alpha value is -2.01. The molecule has 0 saturated carbocycles. The van der Waals surface area contributed by atoms with Crippen molar-refractivity contribution in [3.8, 4) is 0 Å². The smallest absolute Gasteiger partial charge is 0.221 e. The SMILES string of the molecule is C[C@H]1CC[C@@H](C(N)=O)CN1Cc1ccc(F)c2cccnc12. The summed E-state index contributed by atoms with van der Waals surface area (Å²) in [5.41, 5.74) is 7.12. The standard InChI is InChI=1S/C17H20FN3O/c1-11-4-5-13(17(19)22)10-21(11)9-12-6-7-15(18)14-3-2-8-20-16(12)14/h2-3,6-8,11,13H,4-5,9-10H2,1H3,(H2,19,22)/t11-,13+/m0/s1. The molecule has 0 bridgehead atoms. The lowest BCUT2D eigenvalue weighted by molar-refractivity contribution is -0.124. The first-order chi connectivity index (χ1) is 10.6. The molecule has 0 radical (unpaired) electrons. The molecule has 1 aromatic heterocycles. The Morgan fingerprint density at radius 3 is 3.00 bits per heavy atom. The third-order valence-corrected chi connectivity index (χ3v) is 4.59. The van der Waals surface area contributed by atoms with Gasteiger partial charge < -0.3 is 5.73 Å². The quantitative estimate of drug-likeness (QED) is 0.947. The van der Waals surface area contributed by atoms with Gasteiger partial charge in [-0.25, -0.2) is 4.39 Å². The topological polar surface area (TPSA) is 59.2 Å². The second kappa shape index (κ2) is 6.01. The number of carbonyl (C=O) groups excluding carboxylic acids is 1. The van der Waals surface area contributed by atoms with Crippen molar-refractivity contribution in [2.24, 2.45) is 11.7 Å². The van der Waals surface area contributed by atoms with Crippen LogP contribution in [0, 0.1) is 11.7 Å². The minimum Gasteiger partial charge on any atom is -0.369 e. The van der Waals surface area contributed by atoms with Crippen molar-refractivity contribution in [2.75, 3.05) is 6.54 Å². The van der Waals surface area contributed by atoms with E-state index in [9.17, 15) is 9.18 Å². The summed E-state index contributed by atoms with van der Waals surface area (Å²) in [4.78, 5) is 18.0. The van der Waals surface area contributed by atoms with Crippen molar-refractivity contribution in [3.63, 3.8) is 0 Å². The van der Waals surface area contributed by atoms with Crippen LogP contribution in [0.25, 0.3) is 10.9 Å². The zero-order chi connectivity index (χ0) is 15.7. The minimum atomic E-state index is -0.256. The summed E-state index contributed by atoms with van der Waals surface area (Å²) in [5, 5.41) is 0.538. The van der Waals surface area contributed by atoms with Crippen molar-refractivity contribution < 1.29 is 9.18 Å². The Morgan fingerprint density at radius 1 is 1.41 bits per heavy atom. The number of amides is 1. The van der Waals surface area contributed by atoms with Crippen molar-refractivity contribution in [1.29, 1.82) is 0 Å². The number of benzene rings is 1. The summed E-state index contributed by atoms with van der Waals surface area (Å²) in [6.45, 7) is 3.46. The second-order valence-corrected chi connectivity index (χ2v) is 6.06. The minimum absolute atomic E-state index is 0.101. The third kappa shape index (κ3) is 2.81. The molecule has 1 aromatic carbocycles. The van der Waals surface area contributed by atoms with Crippen LogP contribution >= 0.6 is 0 Å². The van der Waals surface area contributed by atoms with E-state index in [0.29, 0.717) is 30.0 Å². The van der Waals surface area contributed by atoms with Crippen LogP contribution in [-0.4, -0.2) is 28.4 Å². The Balaban J connectivity index is 1.89. The molecule has 1 fully saturated rings. The van der Waals surface area contributed by atoms with Crippen molar-refractivity contribution in [1.82, 2.24) is 9.88 Å². The van der Waals surface area contributed by atoms with Gasteiger partial charge in [-0.2, -0.15) is 0 Å². The zero-order valence-electron chi connectivity index (χ0n) is 12.6. The highest BCUT2D eigenvalue weighted by Gasteiger charge is 2.28. The highest BCUT2D eigenvalue weighted by molar-refractivity contribution is 5.82. The average molecular weight is 301 g/mol. The number of rotatable bonds is 3. The summed E-state index contributed by atoms with van der Waals surface area (Å²) >= 11 is 0. The molecule has 1 aliphatic rings. The number of nitrogens with zero attached hydrogens (tertiary/aromatic N) is 2. The molecule has 2 atom stereocenters. The van der Waals surface area contributed by atoms with Crippen LogP contribution in [0.15, 0.2) is 30.5 Å². The molecule has 2 heterocycles. The van der Waals surface area contributed by atoms with E-state index in [-0.39, 0.29) is 17.6 Å². The Bertz CT molecular complexity index is 703. The van der Waals surface area contributed by atoms with Crippen LogP contribution in [0.3, 0.4) is 0 Å². The molecule has 1 saturated heterocycles. The number of hydrogen-bond acceptors (Lipinski definition) is 3. The summed E-state index contributed by atoms with van der Waals surface area (Å²) < 4.78 is 13.9. The van der Waals surface area contributed by atoms with E-state index in [1.165, 1.54) is 6.07 Å². The molecule has 1 amide bonds. The van der Waals surface area contributed by atoms with Gasteiger partial charge in [0, 0.05) is 30.7 Å². The number of piperidine rings is 1. The Kier molecular flexibility index (Phi) is 4.07. The normalized spacial score (nSPS) is 22.8. The number of hydrogen-bond donors (Lipinski definition) is 1. The van der Waals surface area contributed by atoms with Crippen LogP contribution < -0.4 is 5.73 Å². The van der Waals surface area contributed by atoms with Gasteiger partial charge in [-0.3, -0.25) is 14.7 Å². The van der Waals surface area contributed by atoms with Gasteiger partial charge in [0.25, 0.3) is 0 Å². The third-order valence-electron chi connectivity index (χ3n) is 4.59. The largest absolute Gasteiger partial charge is 0.369 e. The van der Waals surface area contributed by atoms with Gasteiger partial charge >= 0.3 is 0 Å². The molecule has 22 heavy (non-hydrogen) atoms. The van der Waals surface area contributed by atoms with Crippen molar-refractivity contribution in [3.05, 3.63) is 41.8 Å². The van der Waals surface area contributed by atoms with Gasteiger partial charge in [0.15, 0.2) is 0 Å². The van der Waals surface area contributed by atoms with Gasteiger partial charge in [0.1, 0.15) is 5.82 Å². The number of primary amides is 1. The molecule has 5 heteroatoms. The Morgan fingerprint density at radius 2 is 2.23 bits per heavy atom. The average Bonchev–Trinajstić information content (AvgIpc) is 2.52. The van der Waals surface area contributed by atoms with Crippen LogP contribution in [0.5, 0.6) is 0 Å². The number of halogens is 1. The number of carbonyl (C=O) groups is 1. The molecular formula is C17H20FN3O. The first-order valence-electron chi connectivity index (χ1n) is 7.61. The molecule has 0 spiro atoms. The van der Waals surface area contributed by atoms with Gasteiger partial charge in [0.2, 0.25) is 5.91 Å². The molecule has 2 aromatic rings. The summed E-state index contributed by atoms with van der Waals surface area (Å²) in [5.74, 6) is -0.594. The maximum absolute atomic E-state index is 13.9. The molecule has 4 nitrogen and oxygen atoms in total. The molecule has 116 valence electrons. The van der Waals surface area contributed by atoms with Crippen LogP contribution in [0.4, 0.5) is 4.39 Å². The van der Waals surface area contributed by atoms with E-state index < -0.39 is 0 Å². The predicted molar refractivity (Wildman–Crippen MR) is 83.5 cm³/mol. The number of likely N-dealkylation sites (tertiary alicyclic amines) is 1. The highest BCUT2D eigenvalue weighted by atomic mass is 19.1. The van der Waals surface area contributed by atoms with E-state index in [1.54, 1.807) is 24.4 Å². The number of fused-ring (bicyclic) bond motifs is 1. The molecule has 3 rings (SSSR count). The zero-order valence-corrected chi connectivity index (χ0v) is 12.6. The fourth-order valence-corrected chi connectivity index (χ4v) is 3.17. The Labute approximate surface area is 129 Å². The fraction of sp³-hybridized carbons (Fsp3) is 0.412.